The lowest BCUT2D eigenvalue weighted by molar-refractivity contribution is 0.0691. The molecule has 1 fully saturated rings. The van der Waals surface area contributed by atoms with Gasteiger partial charge in [0.05, 0.1) is 5.56 Å². The van der Waals surface area contributed by atoms with Crippen molar-refractivity contribution in [2.75, 3.05) is 0 Å². The SMILES string of the molecule is CC1(C)CCCC1c1cc(C(=O)O)c(F)cc1O. The summed E-state index contributed by atoms with van der Waals surface area (Å²) in [5, 5.41) is 18.8. The number of hydrogen-bond donors (Lipinski definition) is 2. The quantitative estimate of drug-likeness (QED) is 0.846. The molecule has 0 spiro atoms. The van der Waals surface area contributed by atoms with Crippen LogP contribution < -0.4 is 0 Å². The molecule has 0 heterocycles. The summed E-state index contributed by atoms with van der Waals surface area (Å²) in [5.74, 6) is -2.25. The second kappa shape index (κ2) is 4.26. The molecule has 18 heavy (non-hydrogen) atoms. The van der Waals surface area contributed by atoms with E-state index in [2.05, 4.69) is 13.8 Å². The van der Waals surface area contributed by atoms with Gasteiger partial charge in [-0.1, -0.05) is 20.3 Å². The minimum atomic E-state index is -1.30. The average molecular weight is 252 g/mol. The molecule has 0 aliphatic heterocycles. The third kappa shape index (κ3) is 2.07. The Morgan fingerprint density at radius 2 is 2.11 bits per heavy atom. The van der Waals surface area contributed by atoms with Crippen molar-refractivity contribution in [1.82, 2.24) is 0 Å². The summed E-state index contributed by atoms with van der Waals surface area (Å²) in [4.78, 5) is 10.9. The van der Waals surface area contributed by atoms with Crippen molar-refractivity contribution in [3.8, 4) is 5.75 Å². The highest BCUT2D eigenvalue weighted by Crippen LogP contribution is 2.51. The van der Waals surface area contributed by atoms with Gasteiger partial charge in [-0.2, -0.15) is 0 Å². The first-order valence-electron chi connectivity index (χ1n) is 6.08. The Morgan fingerprint density at radius 1 is 1.44 bits per heavy atom. The molecule has 1 aromatic carbocycles. The molecule has 3 nitrogen and oxygen atoms in total. The fraction of sp³-hybridized carbons (Fsp3) is 0.500. The Bertz CT molecular complexity index is 494. The normalized spacial score (nSPS) is 22.1. The lowest BCUT2D eigenvalue weighted by Gasteiger charge is -2.28. The van der Waals surface area contributed by atoms with Crippen LogP contribution in [0.15, 0.2) is 12.1 Å². The van der Waals surface area contributed by atoms with Gasteiger partial charge in [-0.25, -0.2) is 9.18 Å². The number of benzene rings is 1. The van der Waals surface area contributed by atoms with Crippen LogP contribution in [0.5, 0.6) is 5.75 Å². The molecule has 1 saturated carbocycles. The van der Waals surface area contributed by atoms with Gasteiger partial charge < -0.3 is 10.2 Å². The summed E-state index contributed by atoms with van der Waals surface area (Å²) < 4.78 is 13.4. The molecule has 2 N–H and O–H groups in total. The number of phenolic OH excluding ortho intramolecular Hbond substituents is 1. The fourth-order valence-corrected chi connectivity index (χ4v) is 2.93. The van der Waals surface area contributed by atoms with Crippen LogP contribution in [-0.2, 0) is 0 Å². The third-order valence-corrected chi connectivity index (χ3v) is 3.98. The van der Waals surface area contributed by atoms with Crippen LogP contribution in [0.4, 0.5) is 4.39 Å². The zero-order valence-electron chi connectivity index (χ0n) is 10.5. The number of aromatic carboxylic acids is 1. The Morgan fingerprint density at radius 3 is 2.61 bits per heavy atom. The molecule has 1 atom stereocenters. The van der Waals surface area contributed by atoms with E-state index in [1.807, 2.05) is 0 Å². The fourth-order valence-electron chi connectivity index (χ4n) is 2.93. The molecule has 98 valence electrons. The summed E-state index contributed by atoms with van der Waals surface area (Å²) in [7, 11) is 0. The van der Waals surface area contributed by atoms with Gasteiger partial charge in [0.25, 0.3) is 0 Å². The molecule has 1 aliphatic carbocycles. The predicted octanol–water partition coefficient (Wildman–Crippen LogP) is 3.52. The first-order valence-corrected chi connectivity index (χ1v) is 6.08. The van der Waals surface area contributed by atoms with Gasteiger partial charge in [-0.3, -0.25) is 0 Å². The maximum atomic E-state index is 13.4. The smallest absolute Gasteiger partial charge is 0.338 e. The lowest BCUT2D eigenvalue weighted by atomic mass is 9.77. The molecule has 1 aromatic rings. The monoisotopic (exact) mass is 252 g/mol. The van der Waals surface area contributed by atoms with Crippen molar-refractivity contribution in [3.63, 3.8) is 0 Å². The van der Waals surface area contributed by atoms with Crippen LogP contribution in [-0.4, -0.2) is 16.2 Å². The summed E-state index contributed by atoms with van der Waals surface area (Å²) in [5.41, 5.74) is 0.187. The zero-order chi connectivity index (χ0) is 13.5. The van der Waals surface area contributed by atoms with Crippen LogP contribution in [0.25, 0.3) is 0 Å². The number of halogens is 1. The van der Waals surface area contributed by atoms with Crippen molar-refractivity contribution >= 4 is 5.97 Å². The predicted molar refractivity (Wildman–Crippen MR) is 65.4 cm³/mol. The van der Waals surface area contributed by atoms with Crippen LogP contribution in [0, 0.1) is 11.2 Å². The number of aromatic hydroxyl groups is 1. The van der Waals surface area contributed by atoms with Crippen molar-refractivity contribution in [2.45, 2.75) is 39.0 Å². The second-order valence-electron chi connectivity index (χ2n) is 5.63. The summed E-state index contributed by atoms with van der Waals surface area (Å²) in [6.07, 6.45) is 2.96. The summed E-state index contributed by atoms with van der Waals surface area (Å²) in [6, 6.07) is 2.19. The molecule has 1 unspecified atom stereocenters. The summed E-state index contributed by atoms with van der Waals surface area (Å²) >= 11 is 0. The lowest BCUT2D eigenvalue weighted by Crippen LogP contribution is -2.16. The van der Waals surface area contributed by atoms with Gasteiger partial charge in [-0.05, 0) is 35.8 Å². The highest BCUT2D eigenvalue weighted by Gasteiger charge is 2.37. The molecular weight excluding hydrogens is 235 g/mol. The van der Waals surface area contributed by atoms with Crippen molar-refractivity contribution < 1.29 is 19.4 Å². The molecular formula is C14H17FO3. The van der Waals surface area contributed by atoms with Crippen LogP contribution in [0.3, 0.4) is 0 Å². The maximum Gasteiger partial charge on any atom is 0.338 e. The molecule has 0 amide bonds. The van der Waals surface area contributed by atoms with Crippen molar-refractivity contribution in [2.24, 2.45) is 5.41 Å². The summed E-state index contributed by atoms with van der Waals surface area (Å²) in [6.45, 7) is 4.18. The first kappa shape index (κ1) is 12.9. The van der Waals surface area contributed by atoms with Crippen molar-refractivity contribution in [1.29, 1.82) is 0 Å². The van der Waals surface area contributed by atoms with Gasteiger partial charge in [-0.15, -0.1) is 0 Å². The Balaban J connectivity index is 2.51. The largest absolute Gasteiger partial charge is 0.508 e. The number of phenols is 1. The maximum absolute atomic E-state index is 13.4. The number of carbonyl (C=O) groups is 1. The molecule has 1 aliphatic rings. The zero-order valence-corrected chi connectivity index (χ0v) is 10.5. The first-order chi connectivity index (χ1) is 8.33. The molecule has 0 radical (unpaired) electrons. The molecule has 2 rings (SSSR count). The Labute approximate surface area is 105 Å². The van der Waals surface area contributed by atoms with E-state index >= 15 is 0 Å². The topological polar surface area (TPSA) is 57.5 Å². The van der Waals surface area contributed by atoms with E-state index in [-0.39, 0.29) is 22.6 Å². The standard InChI is InChI=1S/C14H17FO3/c1-14(2)5-3-4-10(14)8-6-9(13(17)18)11(15)7-12(8)16/h6-7,10,16H,3-5H2,1-2H3,(H,17,18). The number of rotatable bonds is 2. The van der Waals surface area contributed by atoms with Crippen molar-refractivity contribution in [3.05, 3.63) is 29.1 Å². The highest BCUT2D eigenvalue weighted by molar-refractivity contribution is 5.88. The van der Waals surface area contributed by atoms with E-state index in [9.17, 15) is 14.3 Å². The third-order valence-electron chi connectivity index (χ3n) is 3.98. The molecule has 0 saturated heterocycles. The molecule has 0 bridgehead atoms. The minimum absolute atomic E-state index is 0.00504. The Hall–Kier alpha value is -1.58. The van der Waals surface area contributed by atoms with E-state index in [0.29, 0.717) is 5.56 Å². The van der Waals surface area contributed by atoms with Crippen LogP contribution >= 0.6 is 0 Å². The van der Waals surface area contributed by atoms with Crippen LogP contribution in [0.2, 0.25) is 0 Å². The minimum Gasteiger partial charge on any atom is -0.508 e. The highest BCUT2D eigenvalue weighted by atomic mass is 19.1. The van der Waals surface area contributed by atoms with E-state index in [0.717, 1.165) is 25.3 Å². The van der Waals surface area contributed by atoms with Gasteiger partial charge >= 0.3 is 5.97 Å². The molecule has 0 aromatic heterocycles. The number of carboxylic acid groups (broad SMARTS) is 1. The number of hydrogen-bond acceptors (Lipinski definition) is 2. The number of carboxylic acids is 1. The van der Waals surface area contributed by atoms with E-state index < -0.39 is 11.8 Å². The average Bonchev–Trinajstić information content (AvgIpc) is 2.58. The van der Waals surface area contributed by atoms with Gasteiger partial charge in [0, 0.05) is 6.07 Å². The van der Waals surface area contributed by atoms with E-state index in [4.69, 9.17) is 5.11 Å². The van der Waals surface area contributed by atoms with E-state index in [1.54, 1.807) is 0 Å². The van der Waals surface area contributed by atoms with E-state index in [1.165, 1.54) is 6.07 Å². The van der Waals surface area contributed by atoms with Crippen LogP contribution in [0.1, 0.15) is 54.9 Å². The second-order valence-corrected chi connectivity index (χ2v) is 5.63. The molecule has 4 heteroatoms. The van der Waals surface area contributed by atoms with Gasteiger partial charge in [0.1, 0.15) is 11.6 Å². The van der Waals surface area contributed by atoms with Gasteiger partial charge in [0.2, 0.25) is 0 Å². The Kier molecular flexibility index (Phi) is 3.05. The van der Waals surface area contributed by atoms with Gasteiger partial charge in [0.15, 0.2) is 0 Å².